The molecule has 0 fully saturated rings. The normalized spacial score (nSPS) is 16.6. The van der Waals surface area contributed by atoms with E-state index in [0.717, 1.165) is 16.1 Å². The molecular formula is C24H18ClN3OS. The quantitative estimate of drug-likeness (QED) is 0.442. The van der Waals surface area contributed by atoms with Gasteiger partial charge in [-0.1, -0.05) is 47.6 Å². The first-order valence-electron chi connectivity index (χ1n) is 9.53. The molecule has 3 aromatic rings. The molecule has 0 aliphatic carbocycles. The molecule has 148 valence electrons. The first kappa shape index (κ1) is 19.0. The van der Waals surface area contributed by atoms with Crippen LogP contribution in [-0.4, -0.2) is 18.7 Å². The van der Waals surface area contributed by atoms with Gasteiger partial charge in [-0.25, -0.2) is 0 Å². The third kappa shape index (κ3) is 3.20. The Morgan fingerprint density at radius 2 is 1.77 bits per heavy atom. The van der Waals surface area contributed by atoms with Crippen LogP contribution in [0.25, 0.3) is 6.08 Å². The van der Waals surface area contributed by atoms with E-state index >= 15 is 0 Å². The van der Waals surface area contributed by atoms with Crippen LogP contribution in [0.15, 0.2) is 87.2 Å². The second kappa shape index (κ2) is 7.35. The minimum absolute atomic E-state index is 0.150. The molecule has 0 bridgehead atoms. The summed E-state index contributed by atoms with van der Waals surface area (Å²) in [6.07, 6.45) is 1.91. The first-order chi connectivity index (χ1) is 14.5. The molecule has 0 atom stereocenters. The average molecular weight is 432 g/mol. The minimum atomic E-state index is -0.150. The summed E-state index contributed by atoms with van der Waals surface area (Å²) in [5.41, 5.74) is 5.27. The third-order valence-corrected chi connectivity index (χ3v) is 6.57. The molecule has 0 N–H and O–H groups in total. The zero-order valence-electron chi connectivity index (χ0n) is 16.5. The molecule has 30 heavy (non-hydrogen) atoms. The second-order valence-electron chi connectivity index (χ2n) is 7.20. The largest absolute Gasteiger partial charge is 0.343 e. The number of fused-ring (bicyclic) bond motifs is 2. The molecule has 2 heterocycles. The van der Waals surface area contributed by atoms with Crippen LogP contribution in [0.2, 0.25) is 5.02 Å². The van der Waals surface area contributed by atoms with Crippen LogP contribution >= 0.6 is 23.4 Å². The molecular weight excluding hydrogens is 414 g/mol. The van der Waals surface area contributed by atoms with Crippen molar-refractivity contribution in [2.75, 3.05) is 17.0 Å². The number of nitrogens with zero attached hydrogens (tertiary/aromatic N) is 3. The minimum Gasteiger partial charge on any atom is -0.343 e. The number of hydrogen-bond acceptors (Lipinski definition) is 4. The summed E-state index contributed by atoms with van der Waals surface area (Å²) >= 11 is 7.83. The van der Waals surface area contributed by atoms with Crippen LogP contribution in [0, 0.1) is 0 Å². The monoisotopic (exact) mass is 431 g/mol. The SMILES string of the molecule is CC1=NN(c2cccc(Cl)c2)C(=O)/C1=C/c1ccc2c(c1)Sc1ccccc1N2C. The van der Waals surface area contributed by atoms with Gasteiger partial charge in [0.05, 0.1) is 28.3 Å². The van der Waals surface area contributed by atoms with Gasteiger partial charge in [0.15, 0.2) is 0 Å². The first-order valence-corrected chi connectivity index (χ1v) is 10.7. The fourth-order valence-corrected chi connectivity index (χ4v) is 5.06. The number of carbonyl (C=O) groups excluding carboxylic acids is 1. The molecule has 4 nitrogen and oxygen atoms in total. The summed E-state index contributed by atoms with van der Waals surface area (Å²) in [6.45, 7) is 1.85. The molecule has 5 rings (SSSR count). The van der Waals surface area contributed by atoms with Gasteiger partial charge in [-0.15, -0.1) is 0 Å². The molecule has 1 amide bonds. The van der Waals surface area contributed by atoms with Crippen molar-refractivity contribution in [3.8, 4) is 0 Å². The molecule has 0 aromatic heterocycles. The Labute approximate surface area is 184 Å². The number of rotatable bonds is 2. The van der Waals surface area contributed by atoms with Crippen molar-refractivity contribution in [3.05, 3.63) is 82.9 Å². The van der Waals surface area contributed by atoms with E-state index in [1.54, 1.807) is 23.9 Å². The fourth-order valence-electron chi connectivity index (χ4n) is 3.68. The van der Waals surface area contributed by atoms with Crippen LogP contribution in [0.1, 0.15) is 12.5 Å². The predicted molar refractivity (Wildman–Crippen MR) is 125 cm³/mol. The average Bonchev–Trinajstić information content (AvgIpc) is 3.02. The number of anilines is 3. The Kier molecular flexibility index (Phi) is 4.65. The lowest BCUT2D eigenvalue weighted by Crippen LogP contribution is -2.21. The van der Waals surface area contributed by atoms with Crippen molar-refractivity contribution in [2.24, 2.45) is 5.10 Å². The van der Waals surface area contributed by atoms with Crippen LogP contribution in [0.3, 0.4) is 0 Å². The maximum Gasteiger partial charge on any atom is 0.280 e. The highest BCUT2D eigenvalue weighted by Gasteiger charge is 2.29. The predicted octanol–water partition coefficient (Wildman–Crippen LogP) is 6.38. The summed E-state index contributed by atoms with van der Waals surface area (Å²) in [5.74, 6) is -0.150. The molecule has 0 unspecified atom stereocenters. The summed E-state index contributed by atoms with van der Waals surface area (Å²) in [5, 5.41) is 6.43. The van der Waals surface area contributed by atoms with Crippen molar-refractivity contribution < 1.29 is 4.79 Å². The number of carbonyl (C=O) groups is 1. The number of halogens is 1. The zero-order chi connectivity index (χ0) is 20.8. The highest BCUT2D eigenvalue weighted by Crippen LogP contribution is 2.47. The van der Waals surface area contributed by atoms with E-state index in [1.807, 2.05) is 31.2 Å². The van der Waals surface area contributed by atoms with Crippen molar-refractivity contribution in [1.29, 1.82) is 0 Å². The van der Waals surface area contributed by atoms with E-state index in [2.05, 4.69) is 53.4 Å². The van der Waals surface area contributed by atoms with E-state index in [4.69, 9.17) is 11.6 Å². The van der Waals surface area contributed by atoms with E-state index < -0.39 is 0 Å². The lowest BCUT2D eigenvalue weighted by Gasteiger charge is -2.29. The Morgan fingerprint density at radius 3 is 2.60 bits per heavy atom. The molecule has 3 aromatic carbocycles. The molecule has 0 radical (unpaired) electrons. The zero-order valence-corrected chi connectivity index (χ0v) is 18.0. The van der Waals surface area contributed by atoms with E-state index in [9.17, 15) is 4.79 Å². The van der Waals surface area contributed by atoms with E-state index in [-0.39, 0.29) is 5.91 Å². The summed E-state index contributed by atoms with van der Waals surface area (Å²) in [6, 6.07) is 21.8. The number of hydrazone groups is 1. The van der Waals surface area contributed by atoms with Crippen LogP contribution in [0.5, 0.6) is 0 Å². The maximum absolute atomic E-state index is 13.0. The molecule has 0 spiro atoms. The standard InChI is InChI=1S/C24H18ClN3OS/c1-15-19(24(29)28(26-15)18-7-5-6-17(25)14-18)12-16-10-11-21-23(13-16)30-22-9-4-3-8-20(22)27(21)2/h3-14H,1-2H3/b19-12+. The Morgan fingerprint density at radius 1 is 0.967 bits per heavy atom. The Bertz CT molecular complexity index is 1250. The van der Waals surface area contributed by atoms with Gasteiger partial charge >= 0.3 is 0 Å². The number of para-hydroxylation sites is 1. The van der Waals surface area contributed by atoms with Gasteiger partial charge in [-0.3, -0.25) is 4.79 Å². The lowest BCUT2D eigenvalue weighted by molar-refractivity contribution is -0.114. The Hall–Kier alpha value is -3.02. The van der Waals surface area contributed by atoms with Gasteiger partial charge < -0.3 is 4.90 Å². The highest BCUT2D eigenvalue weighted by atomic mass is 35.5. The van der Waals surface area contributed by atoms with Crippen LogP contribution in [-0.2, 0) is 4.79 Å². The number of benzene rings is 3. The van der Waals surface area contributed by atoms with E-state index in [1.165, 1.54) is 15.6 Å². The van der Waals surface area contributed by atoms with Gasteiger partial charge in [0, 0.05) is 21.9 Å². The molecule has 0 saturated carbocycles. The lowest BCUT2D eigenvalue weighted by atomic mass is 10.1. The van der Waals surface area contributed by atoms with Gasteiger partial charge in [0.25, 0.3) is 5.91 Å². The van der Waals surface area contributed by atoms with Crippen molar-refractivity contribution in [1.82, 2.24) is 0 Å². The maximum atomic E-state index is 13.0. The molecule has 6 heteroatoms. The number of hydrogen-bond donors (Lipinski definition) is 0. The van der Waals surface area contributed by atoms with Crippen molar-refractivity contribution in [2.45, 2.75) is 16.7 Å². The highest BCUT2D eigenvalue weighted by molar-refractivity contribution is 7.99. The summed E-state index contributed by atoms with van der Waals surface area (Å²) in [4.78, 5) is 17.6. The van der Waals surface area contributed by atoms with Crippen LogP contribution in [0.4, 0.5) is 17.1 Å². The van der Waals surface area contributed by atoms with Crippen molar-refractivity contribution in [3.63, 3.8) is 0 Å². The van der Waals surface area contributed by atoms with Gasteiger partial charge in [-0.05, 0) is 61.0 Å². The summed E-state index contributed by atoms with van der Waals surface area (Å²) in [7, 11) is 2.08. The Balaban J connectivity index is 1.48. The topological polar surface area (TPSA) is 35.9 Å². The number of amides is 1. The third-order valence-electron chi connectivity index (χ3n) is 5.22. The van der Waals surface area contributed by atoms with Gasteiger partial charge in [0.1, 0.15) is 0 Å². The molecule has 2 aliphatic rings. The molecule has 0 saturated heterocycles. The molecule has 2 aliphatic heterocycles. The summed E-state index contributed by atoms with van der Waals surface area (Å²) < 4.78 is 0. The second-order valence-corrected chi connectivity index (χ2v) is 8.72. The fraction of sp³-hybridized carbons (Fsp3) is 0.0833. The van der Waals surface area contributed by atoms with Crippen molar-refractivity contribution >= 4 is 58.1 Å². The smallest absolute Gasteiger partial charge is 0.280 e. The van der Waals surface area contributed by atoms with E-state index in [0.29, 0.717) is 22.0 Å². The van der Waals surface area contributed by atoms with Gasteiger partial charge in [-0.2, -0.15) is 10.1 Å². The van der Waals surface area contributed by atoms with Crippen LogP contribution < -0.4 is 9.91 Å². The van der Waals surface area contributed by atoms with Gasteiger partial charge in [0.2, 0.25) is 0 Å².